The fourth-order valence-corrected chi connectivity index (χ4v) is 3.32. The van der Waals surface area contributed by atoms with E-state index in [1.54, 1.807) is 11.0 Å². The van der Waals surface area contributed by atoms with Crippen molar-refractivity contribution in [3.8, 4) is 11.3 Å². The van der Waals surface area contributed by atoms with E-state index in [4.69, 9.17) is 4.74 Å². The van der Waals surface area contributed by atoms with Crippen LogP contribution in [-0.4, -0.2) is 30.1 Å². The van der Waals surface area contributed by atoms with E-state index in [1.165, 1.54) is 11.3 Å². The van der Waals surface area contributed by atoms with Crippen LogP contribution in [0.15, 0.2) is 48.4 Å². The van der Waals surface area contributed by atoms with Gasteiger partial charge in [-0.2, -0.15) is 0 Å². The first-order valence-electron chi connectivity index (χ1n) is 7.34. The minimum Gasteiger partial charge on any atom is -0.368 e. The van der Waals surface area contributed by atoms with Crippen molar-refractivity contribution < 1.29 is 9.53 Å². The summed E-state index contributed by atoms with van der Waals surface area (Å²) < 4.78 is 5.51. The summed E-state index contributed by atoms with van der Waals surface area (Å²) in [6.45, 7) is 4.85. The normalized spacial score (nSPS) is 17.4. The van der Waals surface area contributed by atoms with Gasteiger partial charge in [-0.05, 0) is 12.8 Å². The lowest BCUT2D eigenvalue weighted by Crippen LogP contribution is -2.39. The largest absolute Gasteiger partial charge is 0.368 e. The van der Waals surface area contributed by atoms with Crippen molar-refractivity contribution in [1.29, 1.82) is 0 Å². The van der Waals surface area contributed by atoms with Gasteiger partial charge in [0.1, 0.15) is 6.10 Å². The Morgan fingerprint density at radius 2 is 2.27 bits per heavy atom. The molecule has 22 heavy (non-hydrogen) atoms. The molecule has 1 aliphatic heterocycles. The molecule has 0 N–H and O–H groups in total. The number of anilines is 1. The standard InChI is InChI=1S/C17H18N2O2S/c1-2-10-19(16(20)15-9-6-11-21-15)17-18-14(12-22-17)13-7-4-3-5-8-13/h2-5,7-8,12,15H,1,6,9-11H2. The summed E-state index contributed by atoms with van der Waals surface area (Å²) in [4.78, 5) is 18.9. The van der Waals surface area contributed by atoms with Crippen LogP contribution in [0.4, 0.5) is 5.13 Å². The molecule has 0 bridgehead atoms. The summed E-state index contributed by atoms with van der Waals surface area (Å²) in [6, 6.07) is 9.96. The highest BCUT2D eigenvalue weighted by Gasteiger charge is 2.30. The first kappa shape index (κ1) is 14.9. The number of carbonyl (C=O) groups is 1. The van der Waals surface area contributed by atoms with Gasteiger partial charge in [0.2, 0.25) is 0 Å². The van der Waals surface area contributed by atoms with E-state index in [1.807, 2.05) is 35.7 Å². The SMILES string of the molecule is C=CCN(C(=O)C1CCCO1)c1nc(-c2ccccc2)cs1. The number of benzene rings is 1. The molecule has 1 aromatic carbocycles. The summed E-state index contributed by atoms with van der Waals surface area (Å²) in [6.07, 6.45) is 3.09. The molecule has 1 aliphatic rings. The van der Waals surface area contributed by atoms with Crippen LogP contribution in [0, 0.1) is 0 Å². The molecule has 1 unspecified atom stereocenters. The van der Waals surface area contributed by atoms with Gasteiger partial charge in [-0.1, -0.05) is 36.4 Å². The Kier molecular flexibility index (Phi) is 4.65. The van der Waals surface area contributed by atoms with Gasteiger partial charge in [-0.15, -0.1) is 17.9 Å². The van der Waals surface area contributed by atoms with Crippen LogP contribution in [-0.2, 0) is 9.53 Å². The Morgan fingerprint density at radius 1 is 1.45 bits per heavy atom. The zero-order chi connectivity index (χ0) is 15.4. The molecular formula is C17H18N2O2S. The molecule has 0 spiro atoms. The Morgan fingerprint density at radius 3 is 2.95 bits per heavy atom. The number of ether oxygens (including phenoxy) is 1. The molecular weight excluding hydrogens is 296 g/mol. The lowest BCUT2D eigenvalue weighted by Gasteiger charge is -2.21. The maximum absolute atomic E-state index is 12.6. The van der Waals surface area contributed by atoms with E-state index in [0.717, 1.165) is 24.1 Å². The van der Waals surface area contributed by atoms with Crippen molar-refractivity contribution in [3.63, 3.8) is 0 Å². The maximum Gasteiger partial charge on any atom is 0.258 e. The highest BCUT2D eigenvalue weighted by atomic mass is 32.1. The van der Waals surface area contributed by atoms with Gasteiger partial charge in [-0.3, -0.25) is 9.69 Å². The molecule has 0 aliphatic carbocycles. The lowest BCUT2D eigenvalue weighted by atomic mass is 10.2. The van der Waals surface area contributed by atoms with Gasteiger partial charge in [0.15, 0.2) is 5.13 Å². The van der Waals surface area contributed by atoms with Crippen molar-refractivity contribution in [3.05, 3.63) is 48.4 Å². The summed E-state index contributed by atoms with van der Waals surface area (Å²) >= 11 is 1.47. The maximum atomic E-state index is 12.6. The number of hydrogen-bond donors (Lipinski definition) is 0. The van der Waals surface area contributed by atoms with Crippen LogP contribution >= 0.6 is 11.3 Å². The fourth-order valence-electron chi connectivity index (χ4n) is 2.47. The number of hydrogen-bond acceptors (Lipinski definition) is 4. The second-order valence-electron chi connectivity index (χ2n) is 5.12. The smallest absolute Gasteiger partial charge is 0.258 e. The Bertz CT molecular complexity index is 648. The van der Waals surface area contributed by atoms with Crippen LogP contribution in [0.2, 0.25) is 0 Å². The van der Waals surface area contributed by atoms with Gasteiger partial charge in [0.05, 0.1) is 5.69 Å². The molecule has 1 aromatic heterocycles. The summed E-state index contributed by atoms with van der Waals surface area (Å²) in [5.41, 5.74) is 1.93. The monoisotopic (exact) mass is 314 g/mol. The molecule has 1 atom stereocenters. The zero-order valence-electron chi connectivity index (χ0n) is 12.3. The van der Waals surface area contributed by atoms with E-state index in [2.05, 4.69) is 11.6 Å². The van der Waals surface area contributed by atoms with Crippen molar-refractivity contribution >= 4 is 22.4 Å². The molecule has 114 valence electrons. The minimum absolute atomic E-state index is 0.0219. The Balaban J connectivity index is 1.84. The van der Waals surface area contributed by atoms with E-state index in [-0.39, 0.29) is 12.0 Å². The number of thiazole rings is 1. The lowest BCUT2D eigenvalue weighted by molar-refractivity contribution is -0.127. The average Bonchev–Trinajstić information content (AvgIpc) is 3.24. The molecule has 2 heterocycles. The molecule has 1 saturated heterocycles. The van der Waals surface area contributed by atoms with Crippen molar-refractivity contribution in [2.75, 3.05) is 18.1 Å². The van der Waals surface area contributed by atoms with Crippen LogP contribution < -0.4 is 4.90 Å². The van der Waals surface area contributed by atoms with Crippen LogP contribution in [0.3, 0.4) is 0 Å². The highest BCUT2D eigenvalue weighted by molar-refractivity contribution is 7.14. The van der Waals surface area contributed by atoms with E-state index >= 15 is 0 Å². The first-order valence-corrected chi connectivity index (χ1v) is 8.22. The summed E-state index contributed by atoms with van der Waals surface area (Å²) in [7, 11) is 0. The molecule has 0 radical (unpaired) electrons. The third kappa shape index (κ3) is 3.10. The first-order chi connectivity index (χ1) is 10.8. The number of amides is 1. The summed E-state index contributed by atoms with van der Waals surface area (Å²) in [5.74, 6) is -0.0219. The fraction of sp³-hybridized carbons (Fsp3) is 0.294. The van der Waals surface area contributed by atoms with Crippen molar-refractivity contribution in [2.45, 2.75) is 18.9 Å². The van der Waals surface area contributed by atoms with Gasteiger partial charge >= 0.3 is 0 Å². The predicted octanol–water partition coefficient (Wildman–Crippen LogP) is 3.51. The number of rotatable bonds is 5. The second kappa shape index (κ2) is 6.85. The number of aromatic nitrogens is 1. The van der Waals surface area contributed by atoms with Crippen LogP contribution in [0.5, 0.6) is 0 Å². The third-order valence-corrected chi connectivity index (χ3v) is 4.44. The van der Waals surface area contributed by atoms with E-state index in [9.17, 15) is 4.79 Å². The molecule has 3 rings (SSSR count). The van der Waals surface area contributed by atoms with E-state index < -0.39 is 0 Å². The minimum atomic E-state index is -0.343. The molecule has 0 saturated carbocycles. The Labute approximate surface area is 134 Å². The van der Waals surface area contributed by atoms with E-state index in [0.29, 0.717) is 18.3 Å². The molecule has 2 aromatic rings. The molecule has 1 fully saturated rings. The summed E-state index contributed by atoms with van der Waals surface area (Å²) in [5, 5.41) is 2.67. The van der Waals surface area contributed by atoms with Crippen LogP contribution in [0.25, 0.3) is 11.3 Å². The Hall–Kier alpha value is -1.98. The molecule has 5 heteroatoms. The zero-order valence-corrected chi connectivity index (χ0v) is 13.1. The quantitative estimate of drug-likeness (QED) is 0.793. The molecule has 1 amide bonds. The third-order valence-electron chi connectivity index (χ3n) is 3.58. The van der Waals surface area contributed by atoms with Gasteiger partial charge in [0, 0.05) is 24.1 Å². The predicted molar refractivity (Wildman–Crippen MR) is 89.1 cm³/mol. The topological polar surface area (TPSA) is 42.4 Å². The number of nitrogens with zero attached hydrogens (tertiary/aromatic N) is 2. The van der Waals surface area contributed by atoms with Gasteiger partial charge in [-0.25, -0.2) is 4.98 Å². The number of carbonyl (C=O) groups excluding carboxylic acids is 1. The average molecular weight is 314 g/mol. The highest BCUT2D eigenvalue weighted by Crippen LogP contribution is 2.28. The van der Waals surface area contributed by atoms with Gasteiger partial charge < -0.3 is 4.74 Å². The van der Waals surface area contributed by atoms with Crippen molar-refractivity contribution in [2.24, 2.45) is 0 Å². The van der Waals surface area contributed by atoms with Gasteiger partial charge in [0.25, 0.3) is 5.91 Å². The molecule has 4 nitrogen and oxygen atoms in total. The van der Waals surface area contributed by atoms with Crippen LogP contribution in [0.1, 0.15) is 12.8 Å². The second-order valence-corrected chi connectivity index (χ2v) is 5.96. The van der Waals surface area contributed by atoms with Crippen molar-refractivity contribution in [1.82, 2.24) is 4.98 Å².